The number of hydrogen-bond acceptors (Lipinski definition) is 1. The van der Waals surface area contributed by atoms with Crippen LogP contribution in [0.5, 0.6) is 0 Å². The summed E-state index contributed by atoms with van der Waals surface area (Å²) in [6.45, 7) is 4.19. The van der Waals surface area contributed by atoms with E-state index in [1.807, 2.05) is 35.9 Å². The van der Waals surface area contributed by atoms with Gasteiger partial charge in [-0.25, -0.2) is 0 Å². The zero-order valence-electron chi connectivity index (χ0n) is 10.2. The van der Waals surface area contributed by atoms with Crippen molar-refractivity contribution in [3.63, 3.8) is 0 Å². The molecule has 2 nitrogen and oxygen atoms in total. The van der Waals surface area contributed by atoms with Crippen molar-refractivity contribution in [3.8, 4) is 0 Å². The zero-order valence-corrected chi connectivity index (χ0v) is 11.7. The molecule has 0 amide bonds. The lowest BCUT2D eigenvalue weighted by molar-refractivity contribution is 0.101. The van der Waals surface area contributed by atoms with E-state index in [9.17, 15) is 4.79 Å². The van der Waals surface area contributed by atoms with Gasteiger partial charge in [-0.2, -0.15) is 0 Å². The van der Waals surface area contributed by atoms with E-state index in [2.05, 4.69) is 0 Å². The third kappa shape index (κ3) is 2.60. The molecule has 0 aliphatic rings. The smallest absolute Gasteiger partial charge is 0.161 e. The predicted molar refractivity (Wildman–Crippen MR) is 74.7 cm³/mol. The van der Waals surface area contributed by atoms with E-state index in [1.54, 1.807) is 13.0 Å². The summed E-state index contributed by atoms with van der Waals surface area (Å²) in [5.74, 6) is 0.0837. The monoisotopic (exact) mass is 281 g/mol. The average molecular weight is 282 g/mol. The van der Waals surface area contributed by atoms with Gasteiger partial charge in [-0.15, -0.1) is 0 Å². The molecule has 0 spiro atoms. The second-order valence-electron chi connectivity index (χ2n) is 4.25. The van der Waals surface area contributed by atoms with E-state index in [1.165, 1.54) is 0 Å². The summed E-state index contributed by atoms with van der Waals surface area (Å²) in [6.07, 6.45) is 1.91. The van der Waals surface area contributed by atoms with Gasteiger partial charge in [0.1, 0.15) is 0 Å². The van der Waals surface area contributed by atoms with Crippen LogP contribution < -0.4 is 0 Å². The highest BCUT2D eigenvalue weighted by molar-refractivity contribution is 6.42. The lowest BCUT2D eigenvalue weighted by atomic mass is 10.2. The predicted octanol–water partition coefficient (Wildman–Crippen LogP) is 4.35. The van der Waals surface area contributed by atoms with Crippen LogP contribution in [0.2, 0.25) is 10.0 Å². The number of aromatic nitrogens is 1. The SMILES string of the molecule is CC(=O)c1ccn(Cc2ccc(Cl)c(Cl)c2)c1C. The molecule has 0 saturated heterocycles. The first kappa shape index (κ1) is 13.2. The number of Topliss-reactive ketones (excluding diaryl/α,β-unsaturated/α-hetero) is 1. The summed E-state index contributed by atoms with van der Waals surface area (Å²) in [4.78, 5) is 11.4. The third-order valence-electron chi connectivity index (χ3n) is 2.96. The second-order valence-corrected chi connectivity index (χ2v) is 5.06. The van der Waals surface area contributed by atoms with Crippen LogP contribution >= 0.6 is 23.2 Å². The number of halogens is 2. The van der Waals surface area contributed by atoms with Gasteiger partial charge < -0.3 is 4.57 Å². The molecule has 1 aromatic carbocycles. The van der Waals surface area contributed by atoms with E-state index in [4.69, 9.17) is 23.2 Å². The van der Waals surface area contributed by atoms with Gasteiger partial charge in [0.25, 0.3) is 0 Å². The van der Waals surface area contributed by atoms with Crippen molar-refractivity contribution < 1.29 is 4.79 Å². The van der Waals surface area contributed by atoms with Crippen LogP contribution in [-0.4, -0.2) is 10.4 Å². The van der Waals surface area contributed by atoms with Crippen molar-refractivity contribution in [1.82, 2.24) is 4.57 Å². The molecule has 94 valence electrons. The molecule has 1 heterocycles. The molecule has 2 rings (SSSR count). The highest BCUT2D eigenvalue weighted by Gasteiger charge is 2.09. The number of rotatable bonds is 3. The Balaban J connectivity index is 2.29. The number of benzene rings is 1. The maximum Gasteiger partial charge on any atom is 0.161 e. The number of ketones is 1. The van der Waals surface area contributed by atoms with Crippen molar-refractivity contribution in [2.45, 2.75) is 20.4 Å². The molecule has 4 heteroatoms. The van der Waals surface area contributed by atoms with Crippen LogP contribution in [0, 0.1) is 6.92 Å². The molecule has 0 radical (unpaired) electrons. The molecular formula is C14H13Cl2NO. The first-order valence-corrected chi connectivity index (χ1v) is 6.35. The first-order chi connectivity index (χ1) is 8.49. The minimum Gasteiger partial charge on any atom is -0.347 e. The Labute approximate surface area is 116 Å². The van der Waals surface area contributed by atoms with Gasteiger partial charge in [-0.3, -0.25) is 4.79 Å². The van der Waals surface area contributed by atoms with Crippen molar-refractivity contribution in [2.75, 3.05) is 0 Å². The molecule has 0 fully saturated rings. The summed E-state index contributed by atoms with van der Waals surface area (Å²) in [6, 6.07) is 7.40. The van der Waals surface area contributed by atoms with Crippen LogP contribution in [-0.2, 0) is 6.54 Å². The molecule has 2 aromatic rings. The third-order valence-corrected chi connectivity index (χ3v) is 3.70. The number of nitrogens with zero attached hydrogens (tertiary/aromatic N) is 1. The Hall–Kier alpha value is -1.25. The normalized spacial score (nSPS) is 10.7. The van der Waals surface area contributed by atoms with Gasteiger partial charge in [-0.1, -0.05) is 29.3 Å². The minimum atomic E-state index is 0.0837. The van der Waals surface area contributed by atoms with Crippen molar-refractivity contribution in [3.05, 3.63) is 57.3 Å². The van der Waals surface area contributed by atoms with Gasteiger partial charge in [0.2, 0.25) is 0 Å². The largest absolute Gasteiger partial charge is 0.347 e. The molecule has 0 atom stereocenters. The molecule has 0 aliphatic carbocycles. The minimum absolute atomic E-state index is 0.0837. The number of carbonyl (C=O) groups is 1. The fourth-order valence-corrected chi connectivity index (χ4v) is 2.25. The average Bonchev–Trinajstić information content (AvgIpc) is 2.66. The molecule has 0 aliphatic heterocycles. The Morgan fingerprint density at radius 2 is 1.94 bits per heavy atom. The van der Waals surface area contributed by atoms with Crippen LogP contribution in [0.1, 0.15) is 28.5 Å². The van der Waals surface area contributed by atoms with Crippen LogP contribution in [0.4, 0.5) is 0 Å². The highest BCUT2D eigenvalue weighted by Crippen LogP contribution is 2.23. The number of hydrogen-bond donors (Lipinski definition) is 0. The summed E-state index contributed by atoms with van der Waals surface area (Å²) in [5, 5.41) is 1.10. The second kappa shape index (κ2) is 5.17. The maximum absolute atomic E-state index is 11.4. The first-order valence-electron chi connectivity index (χ1n) is 5.59. The lowest BCUT2D eigenvalue weighted by Crippen LogP contribution is -2.02. The van der Waals surface area contributed by atoms with Gasteiger partial charge in [0, 0.05) is 24.0 Å². The zero-order chi connectivity index (χ0) is 13.3. The van der Waals surface area contributed by atoms with E-state index < -0.39 is 0 Å². The number of carbonyl (C=O) groups excluding carboxylic acids is 1. The Bertz CT molecular complexity index is 602. The lowest BCUT2D eigenvalue weighted by Gasteiger charge is -2.08. The topological polar surface area (TPSA) is 22.0 Å². The molecule has 1 aromatic heterocycles. The van der Waals surface area contributed by atoms with E-state index >= 15 is 0 Å². The summed E-state index contributed by atoms with van der Waals surface area (Å²) in [7, 11) is 0. The standard InChI is InChI=1S/C14H13Cl2NO/c1-9-12(10(2)18)5-6-17(9)8-11-3-4-13(15)14(16)7-11/h3-7H,8H2,1-2H3. The van der Waals surface area contributed by atoms with Crippen LogP contribution in [0.3, 0.4) is 0 Å². The Kier molecular flexibility index (Phi) is 3.79. The quantitative estimate of drug-likeness (QED) is 0.767. The molecule has 0 unspecified atom stereocenters. The summed E-state index contributed by atoms with van der Waals surface area (Å²) >= 11 is 11.9. The molecule has 0 bridgehead atoms. The van der Waals surface area contributed by atoms with Crippen molar-refractivity contribution >= 4 is 29.0 Å². The molecule has 0 saturated carbocycles. The van der Waals surface area contributed by atoms with E-state index in [-0.39, 0.29) is 5.78 Å². The van der Waals surface area contributed by atoms with Crippen LogP contribution in [0.15, 0.2) is 30.5 Å². The molecule has 18 heavy (non-hydrogen) atoms. The van der Waals surface area contributed by atoms with E-state index in [0.717, 1.165) is 16.8 Å². The molecule has 0 N–H and O–H groups in total. The highest BCUT2D eigenvalue weighted by atomic mass is 35.5. The van der Waals surface area contributed by atoms with Crippen LogP contribution in [0.25, 0.3) is 0 Å². The fraction of sp³-hybridized carbons (Fsp3) is 0.214. The summed E-state index contributed by atoms with van der Waals surface area (Å²) in [5.41, 5.74) is 2.78. The molecular weight excluding hydrogens is 269 g/mol. The van der Waals surface area contributed by atoms with Gasteiger partial charge in [-0.05, 0) is 37.6 Å². The fourth-order valence-electron chi connectivity index (χ4n) is 1.93. The summed E-state index contributed by atoms with van der Waals surface area (Å²) < 4.78 is 2.02. The van der Waals surface area contributed by atoms with Crippen molar-refractivity contribution in [2.24, 2.45) is 0 Å². The Morgan fingerprint density at radius 3 is 2.50 bits per heavy atom. The van der Waals surface area contributed by atoms with E-state index in [0.29, 0.717) is 16.6 Å². The van der Waals surface area contributed by atoms with Crippen molar-refractivity contribution in [1.29, 1.82) is 0 Å². The van der Waals surface area contributed by atoms with Gasteiger partial charge in [0.05, 0.1) is 10.0 Å². The van der Waals surface area contributed by atoms with Gasteiger partial charge in [0.15, 0.2) is 5.78 Å². The maximum atomic E-state index is 11.4. The Morgan fingerprint density at radius 1 is 1.22 bits per heavy atom. The van der Waals surface area contributed by atoms with Gasteiger partial charge >= 0.3 is 0 Å².